The maximum absolute atomic E-state index is 12.2. The SMILES string of the molecule is Cc1cc(C(=O)NCC2CCCO2)nc(NCC(C)C)n1. The molecule has 0 aliphatic carbocycles. The number of hydrogen-bond donors (Lipinski definition) is 2. The Morgan fingerprint density at radius 3 is 2.95 bits per heavy atom. The molecule has 2 heterocycles. The van der Waals surface area contributed by atoms with Gasteiger partial charge in [-0.3, -0.25) is 4.79 Å². The second-order valence-electron chi connectivity index (χ2n) is 5.84. The molecule has 0 bridgehead atoms. The highest BCUT2D eigenvalue weighted by molar-refractivity contribution is 5.92. The summed E-state index contributed by atoms with van der Waals surface area (Å²) in [6.07, 6.45) is 2.20. The number of aromatic nitrogens is 2. The highest BCUT2D eigenvalue weighted by Gasteiger charge is 2.17. The lowest BCUT2D eigenvalue weighted by atomic mass is 10.2. The lowest BCUT2D eigenvalue weighted by Gasteiger charge is -2.12. The molecule has 1 aromatic heterocycles. The number of rotatable bonds is 6. The molecule has 1 amide bonds. The number of nitrogens with one attached hydrogen (secondary N) is 2. The number of carbonyl (C=O) groups is 1. The van der Waals surface area contributed by atoms with Gasteiger partial charge in [0.25, 0.3) is 5.91 Å². The third-order valence-corrected chi connectivity index (χ3v) is 3.27. The Balaban J connectivity index is 1.95. The summed E-state index contributed by atoms with van der Waals surface area (Å²) in [5.74, 6) is 0.820. The van der Waals surface area contributed by atoms with Crippen LogP contribution >= 0.6 is 0 Å². The van der Waals surface area contributed by atoms with Crippen molar-refractivity contribution in [1.82, 2.24) is 15.3 Å². The summed E-state index contributed by atoms with van der Waals surface area (Å²) < 4.78 is 5.49. The number of aryl methyl sites for hydroxylation is 1. The van der Waals surface area contributed by atoms with E-state index in [0.29, 0.717) is 24.1 Å². The van der Waals surface area contributed by atoms with E-state index >= 15 is 0 Å². The van der Waals surface area contributed by atoms with Crippen molar-refractivity contribution >= 4 is 11.9 Å². The molecule has 1 fully saturated rings. The fourth-order valence-corrected chi connectivity index (χ4v) is 2.16. The molecule has 0 aromatic carbocycles. The van der Waals surface area contributed by atoms with Gasteiger partial charge in [0, 0.05) is 25.4 Å². The lowest BCUT2D eigenvalue weighted by Crippen LogP contribution is -2.32. The van der Waals surface area contributed by atoms with E-state index in [-0.39, 0.29) is 12.0 Å². The third kappa shape index (κ3) is 4.97. The van der Waals surface area contributed by atoms with Crippen LogP contribution in [0.15, 0.2) is 6.07 Å². The number of ether oxygens (including phenoxy) is 1. The summed E-state index contributed by atoms with van der Waals surface area (Å²) in [5.41, 5.74) is 1.17. The molecule has 0 spiro atoms. The molecule has 1 aliphatic heterocycles. The fourth-order valence-electron chi connectivity index (χ4n) is 2.16. The van der Waals surface area contributed by atoms with Gasteiger partial charge in [-0.25, -0.2) is 9.97 Å². The number of hydrogen-bond acceptors (Lipinski definition) is 5. The minimum atomic E-state index is -0.177. The van der Waals surface area contributed by atoms with Gasteiger partial charge in [0.05, 0.1) is 6.10 Å². The minimum absolute atomic E-state index is 0.135. The third-order valence-electron chi connectivity index (χ3n) is 3.27. The van der Waals surface area contributed by atoms with Crippen LogP contribution in [0.25, 0.3) is 0 Å². The van der Waals surface area contributed by atoms with Gasteiger partial charge >= 0.3 is 0 Å². The molecule has 1 aliphatic rings. The predicted octanol–water partition coefficient (Wildman–Crippen LogP) is 1.76. The molecule has 2 N–H and O–H groups in total. The van der Waals surface area contributed by atoms with Crippen LogP contribution < -0.4 is 10.6 Å². The van der Waals surface area contributed by atoms with E-state index in [1.165, 1.54) is 0 Å². The van der Waals surface area contributed by atoms with Crippen molar-refractivity contribution in [3.8, 4) is 0 Å². The molecule has 1 atom stereocenters. The Hall–Kier alpha value is -1.69. The molecule has 21 heavy (non-hydrogen) atoms. The smallest absolute Gasteiger partial charge is 0.270 e. The molecule has 1 aromatic rings. The van der Waals surface area contributed by atoms with E-state index in [0.717, 1.165) is 31.7 Å². The van der Waals surface area contributed by atoms with Crippen LogP contribution in [-0.4, -0.2) is 41.7 Å². The van der Waals surface area contributed by atoms with Gasteiger partial charge in [-0.2, -0.15) is 0 Å². The maximum atomic E-state index is 12.2. The van der Waals surface area contributed by atoms with E-state index in [2.05, 4.69) is 34.4 Å². The van der Waals surface area contributed by atoms with Gasteiger partial charge in [-0.15, -0.1) is 0 Å². The molecule has 6 nitrogen and oxygen atoms in total. The molecule has 2 rings (SSSR count). The van der Waals surface area contributed by atoms with Crippen LogP contribution in [0.3, 0.4) is 0 Å². The number of amides is 1. The fraction of sp³-hybridized carbons (Fsp3) is 0.667. The van der Waals surface area contributed by atoms with Crippen LogP contribution in [0, 0.1) is 12.8 Å². The zero-order valence-corrected chi connectivity index (χ0v) is 13.0. The summed E-state index contributed by atoms with van der Waals surface area (Å²) in [4.78, 5) is 20.7. The molecular weight excluding hydrogens is 268 g/mol. The highest BCUT2D eigenvalue weighted by Crippen LogP contribution is 2.11. The Morgan fingerprint density at radius 2 is 2.29 bits per heavy atom. The van der Waals surface area contributed by atoms with Gasteiger partial charge in [0.1, 0.15) is 5.69 Å². The first-order valence-electron chi connectivity index (χ1n) is 7.54. The number of anilines is 1. The molecule has 6 heteroatoms. The zero-order valence-electron chi connectivity index (χ0n) is 13.0. The van der Waals surface area contributed by atoms with E-state index < -0.39 is 0 Å². The van der Waals surface area contributed by atoms with Gasteiger partial charge in [0.15, 0.2) is 0 Å². The normalized spacial score (nSPS) is 18.0. The molecule has 1 unspecified atom stereocenters. The van der Waals surface area contributed by atoms with Gasteiger partial charge < -0.3 is 15.4 Å². The van der Waals surface area contributed by atoms with Crippen molar-refractivity contribution in [3.05, 3.63) is 17.5 Å². The van der Waals surface area contributed by atoms with Crippen LogP contribution in [0.5, 0.6) is 0 Å². The first-order chi connectivity index (χ1) is 10.0. The van der Waals surface area contributed by atoms with E-state index in [1.807, 2.05) is 6.92 Å². The Labute approximate surface area is 125 Å². The molecular formula is C15H24N4O2. The second kappa shape index (κ2) is 7.36. The summed E-state index contributed by atoms with van der Waals surface area (Å²) in [6, 6.07) is 1.70. The van der Waals surface area contributed by atoms with Gasteiger partial charge in [-0.1, -0.05) is 13.8 Å². The Bertz CT molecular complexity index is 485. The lowest BCUT2D eigenvalue weighted by molar-refractivity contribution is 0.0853. The standard InChI is InChI=1S/C15H24N4O2/c1-10(2)8-17-15-18-11(3)7-13(19-15)14(20)16-9-12-5-4-6-21-12/h7,10,12H,4-6,8-9H2,1-3H3,(H,16,20)(H,17,18,19). The van der Waals surface area contributed by atoms with Crippen molar-refractivity contribution in [2.75, 3.05) is 25.0 Å². The first kappa shape index (κ1) is 15.7. The quantitative estimate of drug-likeness (QED) is 0.835. The maximum Gasteiger partial charge on any atom is 0.270 e. The predicted molar refractivity (Wildman–Crippen MR) is 81.4 cm³/mol. The van der Waals surface area contributed by atoms with Gasteiger partial charge in [0.2, 0.25) is 5.95 Å². The Kier molecular flexibility index (Phi) is 5.50. The van der Waals surface area contributed by atoms with E-state index in [1.54, 1.807) is 6.07 Å². The summed E-state index contributed by atoms with van der Waals surface area (Å²) in [7, 11) is 0. The monoisotopic (exact) mass is 292 g/mol. The minimum Gasteiger partial charge on any atom is -0.376 e. The van der Waals surface area contributed by atoms with Crippen molar-refractivity contribution in [2.45, 2.75) is 39.7 Å². The van der Waals surface area contributed by atoms with Crippen molar-refractivity contribution in [1.29, 1.82) is 0 Å². The summed E-state index contributed by atoms with van der Waals surface area (Å²) >= 11 is 0. The Morgan fingerprint density at radius 1 is 1.48 bits per heavy atom. The van der Waals surface area contributed by atoms with Gasteiger partial charge in [-0.05, 0) is 31.7 Å². The van der Waals surface area contributed by atoms with E-state index in [4.69, 9.17) is 4.74 Å². The van der Waals surface area contributed by atoms with Crippen LogP contribution in [0.1, 0.15) is 42.9 Å². The average Bonchev–Trinajstić information content (AvgIpc) is 2.95. The first-order valence-corrected chi connectivity index (χ1v) is 7.54. The van der Waals surface area contributed by atoms with Crippen molar-refractivity contribution < 1.29 is 9.53 Å². The number of carbonyl (C=O) groups excluding carboxylic acids is 1. The van der Waals surface area contributed by atoms with Crippen LogP contribution in [0.4, 0.5) is 5.95 Å². The molecule has 0 saturated carbocycles. The summed E-state index contributed by atoms with van der Waals surface area (Å²) in [5, 5.41) is 6.03. The topological polar surface area (TPSA) is 76.1 Å². The van der Waals surface area contributed by atoms with E-state index in [9.17, 15) is 4.79 Å². The molecule has 0 radical (unpaired) electrons. The van der Waals surface area contributed by atoms with Crippen molar-refractivity contribution in [2.24, 2.45) is 5.92 Å². The highest BCUT2D eigenvalue weighted by atomic mass is 16.5. The molecule has 1 saturated heterocycles. The average molecular weight is 292 g/mol. The number of nitrogens with zero attached hydrogens (tertiary/aromatic N) is 2. The van der Waals surface area contributed by atoms with Crippen LogP contribution in [0.2, 0.25) is 0 Å². The van der Waals surface area contributed by atoms with Crippen molar-refractivity contribution in [3.63, 3.8) is 0 Å². The van der Waals surface area contributed by atoms with Crippen LogP contribution in [-0.2, 0) is 4.74 Å². The second-order valence-corrected chi connectivity index (χ2v) is 5.84. The summed E-state index contributed by atoms with van der Waals surface area (Å²) in [6.45, 7) is 8.18. The largest absolute Gasteiger partial charge is 0.376 e. The molecule has 116 valence electrons. The zero-order chi connectivity index (χ0) is 15.2.